The lowest BCUT2D eigenvalue weighted by atomic mass is 9.96. The number of carbonyl (C=O) groups is 2. The first-order valence-corrected chi connectivity index (χ1v) is 6.57. The van der Waals surface area contributed by atoms with Crippen LogP contribution in [0.15, 0.2) is 30.3 Å². The molecule has 1 amide bonds. The maximum Gasteiger partial charge on any atom is 0.303 e. The third kappa shape index (κ3) is 5.55. The van der Waals surface area contributed by atoms with Crippen LogP contribution in [-0.2, 0) is 9.59 Å². The van der Waals surface area contributed by atoms with Crippen molar-refractivity contribution in [2.24, 2.45) is 5.92 Å². The smallest absolute Gasteiger partial charge is 0.303 e. The largest absolute Gasteiger partial charge is 0.481 e. The topological polar surface area (TPSA) is 66.4 Å². The molecule has 0 aliphatic carbocycles. The molecular weight excluding hydrogens is 242 g/mol. The minimum atomic E-state index is -0.865. The molecule has 1 aromatic carbocycles. The summed E-state index contributed by atoms with van der Waals surface area (Å²) in [4.78, 5) is 22.2. The van der Waals surface area contributed by atoms with Crippen LogP contribution in [-0.4, -0.2) is 17.0 Å². The van der Waals surface area contributed by atoms with Crippen molar-refractivity contribution in [1.82, 2.24) is 5.32 Å². The fourth-order valence-electron chi connectivity index (χ4n) is 1.94. The molecule has 4 nitrogen and oxygen atoms in total. The Bertz CT molecular complexity index is 415. The first kappa shape index (κ1) is 15.2. The molecule has 4 heteroatoms. The van der Waals surface area contributed by atoms with Crippen molar-refractivity contribution in [3.05, 3.63) is 35.9 Å². The zero-order valence-electron chi connectivity index (χ0n) is 11.4. The summed E-state index contributed by atoms with van der Waals surface area (Å²) in [5.41, 5.74) is 1.07. The van der Waals surface area contributed by atoms with Crippen LogP contribution < -0.4 is 5.32 Å². The molecule has 1 rings (SSSR count). The number of rotatable bonds is 7. The van der Waals surface area contributed by atoms with Crippen LogP contribution in [0.5, 0.6) is 0 Å². The Hall–Kier alpha value is -1.84. The number of nitrogens with one attached hydrogen (secondary N) is 1. The van der Waals surface area contributed by atoms with Crippen LogP contribution in [0.3, 0.4) is 0 Å². The second-order valence-corrected chi connectivity index (χ2v) is 4.95. The van der Waals surface area contributed by atoms with E-state index >= 15 is 0 Å². The van der Waals surface area contributed by atoms with E-state index in [1.807, 2.05) is 30.3 Å². The van der Waals surface area contributed by atoms with Gasteiger partial charge in [-0.3, -0.25) is 9.59 Å². The zero-order chi connectivity index (χ0) is 14.3. The molecule has 0 saturated carbocycles. The van der Waals surface area contributed by atoms with E-state index in [1.165, 1.54) is 0 Å². The van der Waals surface area contributed by atoms with Crippen molar-refractivity contribution >= 4 is 11.9 Å². The van der Waals surface area contributed by atoms with Crippen molar-refractivity contribution in [1.29, 1.82) is 0 Å². The quantitative estimate of drug-likeness (QED) is 0.795. The maximum atomic E-state index is 11.8. The van der Waals surface area contributed by atoms with Gasteiger partial charge in [-0.15, -0.1) is 0 Å². The van der Waals surface area contributed by atoms with Gasteiger partial charge >= 0.3 is 5.97 Å². The monoisotopic (exact) mass is 263 g/mol. The summed E-state index contributed by atoms with van der Waals surface area (Å²) < 4.78 is 0. The van der Waals surface area contributed by atoms with E-state index in [9.17, 15) is 9.59 Å². The average Bonchev–Trinajstić information content (AvgIpc) is 2.36. The molecule has 0 aliphatic rings. The van der Waals surface area contributed by atoms with Gasteiger partial charge in [-0.05, 0) is 17.9 Å². The first-order chi connectivity index (χ1) is 9.00. The van der Waals surface area contributed by atoms with Crippen molar-refractivity contribution < 1.29 is 14.7 Å². The highest BCUT2D eigenvalue weighted by molar-refractivity contribution is 5.77. The van der Waals surface area contributed by atoms with Gasteiger partial charge < -0.3 is 10.4 Å². The number of carboxylic acid groups (broad SMARTS) is 1. The predicted molar refractivity (Wildman–Crippen MR) is 73.7 cm³/mol. The fraction of sp³-hybridized carbons (Fsp3) is 0.467. The van der Waals surface area contributed by atoms with Crippen molar-refractivity contribution in [2.45, 2.75) is 39.2 Å². The average molecular weight is 263 g/mol. The van der Waals surface area contributed by atoms with E-state index in [-0.39, 0.29) is 30.7 Å². The molecule has 1 atom stereocenters. The van der Waals surface area contributed by atoms with Crippen LogP contribution >= 0.6 is 0 Å². The lowest BCUT2D eigenvalue weighted by Gasteiger charge is -2.23. The van der Waals surface area contributed by atoms with Crippen LogP contribution in [0.2, 0.25) is 0 Å². The summed E-state index contributed by atoms with van der Waals surface area (Å²) in [5.74, 6) is -0.675. The molecule has 0 fully saturated rings. The van der Waals surface area contributed by atoms with Crippen LogP contribution in [0.4, 0.5) is 0 Å². The van der Waals surface area contributed by atoms with Gasteiger partial charge in [0.1, 0.15) is 0 Å². The lowest BCUT2D eigenvalue weighted by molar-refractivity contribution is -0.137. The van der Waals surface area contributed by atoms with E-state index in [2.05, 4.69) is 19.2 Å². The molecule has 0 saturated heterocycles. The highest BCUT2D eigenvalue weighted by atomic mass is 16.4. The van der Waals surface area contributed by atoms with Gasteiger partial charge in [-0.1, -0.05) is 44.2 Å². The van der Waals surface area contributed by atoms with Crippen LogP contribution in [0.25, 0.3) is 0 Å². The van der Waals surface area contributed by atoms with E-state index in [4.69, 9.17) is 5.11 Å². The Morgan fingerprint density at radius 2 is 1.79 bits per heavy atom. The fourth-order valence-corrected chi connectivity index (χ4v) is 1.94. The predicted octanol–water partition coefficient (Wildman–Crippen LogP) is 2.75. The van der Waals surface area contributed by atoms with Crippen molar-refractivity contribution in [3.8, 4) is 0 Å². The Labute approximate surface area is 113 Å². The Morgan fingerprint density at radius 1 is 1.16 bits per heavy atom. The molecule has 19 heavy (non-hydrogen) atoms. The van der Waals surface area contributed by atoms with Crippen LogP contribution in [0, 0.1) is 5.92 Å². The van der Waals surface area contributed by atoms with Crippen molar-refractivity contribution in [2.75, 3.05) is 0 Å². The number of amides is 1. The maximum absolute atomic E-state index is 11.8. The molecule has 0 bridgehead atoms. The van der Waals surface area contributed by atoms with Gasteiger partial charge in [0.2, 0.25) is 5.91 Å². The molecular formula is C15H21NO3. The molecule has 2 N–H and O–H groups in total. The first-order valence-electron chi connectivity index (χ1n) is 6.57. The number of carbonyl (C=O) groups excluding carboxylic acids is 1. The molecule has 104 valence electrons. The molecule has 1 unspecified atom stereocenters. The zero-order valence-corrected chi connectivity index (χ0v) is 11.4. The van der Waals surface area contributed by atoms with Gasteiger partial charge in [0.05, 0.1) is 6.04 Å². The summed E-state index contributed by atoms with van der Waals surface area (Å²) in [6.45, 7) is 4.10. The number of hydrogen-bond donors (Lipinski definition) is 2. The number of hydrogen-bond acceptors (Lipinski definition) is 2. The molecule has 0 radical (unpaired) electrons. The SMILES string of the molecule is CC(C)C(NC(=O)CCCC(=O)O)c1ccccc1. The molecule has 0 aliphatic heterocycles. The summed E-state index contributed by atoms with van der Waals surface area (Å²) in [6, 6.07) is 9.78. The van der Waals surface area contributed by atoms with E-state index in [1.54, 1.807) is 0 Å². The lowest BCUT2D eigenvalue weighted by Crippen LogP contribution is -2.31. The molecule has 0 spiro atoms. The second kappa shape index (κ2) is 7.56. The van der Waals surface area contributed by atoms with Crippen LogP contribution in [0.1, 0.15) is 44.7 Å². The summed E-state index contributed by atoms with van der Waals surface area (Å²) in [6.07, 6.45) is 0.661. The molecule has 0 aromatic heterocycles. The minimum absolute atomic E-state index is 0.0291. The van der Waals surface area contributed by atoms with E-state index in [0.29, 0.717) is 6.42 Å². The van der Waals surface area contributed by atoms with Gasteiger partial charge in [0.15, 0.2) is 0 Å². The normalized spacial score (nSPS) is 12.2. The van der Waals surface area contributed by atoms with Gasteiger partial charge in [-0.25, -0.2) is 0 Å². The highest BCUT2D eigenvalue weighted by Gasteiger charge is 2.17. The Kier molecular flexibility index (Phi) is 6.06. The molecule has 0 heterocycles. The summed E-state index contributed by atoms with van der Waals surface area (Å²) in [5, 5.41) is 11.5. The second-order valence-electron chi connectivity index (χ2n) is 4.95. The Morgan fingerprint density at radius 3 is 2.32 bits per heavy atom. The Balaban J connectivity index is 2.55. The summed E-state index contributed by atoms with van der Waals surface area (Å²) >= 11 is 0. The third-order valence-electron chi connectivity index (χ3n) is 2.94. The summed E-state index contributed by atoms with van der Waals surface area (Å²) in [7, 11) is 0. The number of aliphatic carboxylic acids is 1. The van der Waals surface area contributed by atoms with Crippen molar-refractivity contribution in [3.63, 3.8) is 0 Å². The number of benzene rings is 1. The van der Waals surface area contributed by atoms with Gasteiger partial charge in [-0.2, -0.15) is 0 Å². The standard InChI is InChI=1S/C15H21NO3/c1-11(2)15(12-7-4-3-5-8-12)16-13(17)9-6-10-14(18)19/h3-5,7-8,11,15H,6,9-10H2,1-2H3,(H,16,17)(H,18,19). The third-order valence-corrected chi connectivity index (χ3v) is 2.94. The van der Waals surface area contributed by atoms with E-state index in [0.717, 1.165) is 5.56 Å². The van der Waals surface area contributed by atoms with Gasteiger partial charge in [0, 0.05) is 12.8 Å². The van der Waals surface area contributed by atoms with E-state index < -0.39 is 5.97 Å². The number of carboxylic acids is 1. The molecule has 1 aromatic rings. The minimum Gasteiger partial charge on any atom is -0.481 e. The van der Waals surface area contributed by atoms with Gasteiger partial charge in [0.25, 0.3) is 0 Å². The highest BCUT2D eigenvalue weighted by Crippen LogP contribution is 2.21.